The Balaban J connectivity index is 1.61. The Labute approximate surface area is 102 Å². The molecule has 0 saturated heterocycles. The molecule has 3 nitrogen and oxygen atoms in total. The largest absolute Gasteiger partial charge is 0.356 e. The van der Waals surface area contributed by atoms with Crippen LogP contribution < -0.4 is 10.6 Å². The fraction of sp³-hybridized carbons (Fsp3) is 0.500. The summed E-state index contributed by atoms with van der Waals surface area (Å²) in [7, 11) is 0. The molecular weight excluding hydrogens is 210 g/mol. The molecule has 2 unspecified atom stereocenters. The molecule has 0 saturated carbocycles. The van der Waals surface area contributed by atoms with E-state index in [0.29, 0.717) is 12.0 Å². The summed E-state index contributed by atoms with van der Waals surface area (Å²) in [4.78, 5) is 4.43. The van der Waals surface area contributed by atoms with E-state index in [-0.39, 0.29) is 0 Å². The first-order chi connectivity index (χ1) is 8.33. The Bertz CT molecular complexity index is 439. The number of fused-ring (bicyclic) bond motifs is 1. The van der Waals surface area contributed by atoms with Crippen LogP contribution in [0.3, 0.4) is 0 Å². The van der Waals surface area contributed by atoms with Crippen molar-refractivity contribution < 1.29 is 0 Å². The summed E-state index contributed by atoms with van der Waals surface area (Å²) in [5, 5.41) is 6.77. The average molecular weight is 229 g/mol. The van der Waals surface area contributed by atoms with E-state index in [4.69, 9.17) is 0 Å². The second kappa shape index (κ2) is 4.40. The fourth-order valence-corrected chi connectivity index (χ4v) is 2.74. The van der Waals surface area contributed by atoms with Gasteiger partial charge in [0.25, 0.3) is 0 Å². The highest BCUT2D eigenvalue weighted by Crippen LogP contribution is 2.32. The van der Waals surface area contributed by atoms with Gasteiger partial charge >= 0.3 is 0 Å². The van der Waals surface area contributed by atoms with E-state index in [1.54, 1.807) is 0 Å². The minimum Gasteiger partial charge on any atom is -0.356 e. The molecule has 0 spiro atoms. The van der Waals surface area contributed by atoms with Crippen LogP contribution in [0.4, 0.5) is 0 Å². The third kappa shape index (κ3) is 2.14. The molecule has 1 aliphatic heterocycles. The van der Waals surface area contributed by atoms with Crippen LogP contribution in [0.15, 0.2) is 29.3 Å². The van der Waals surface area contributed by atoms with Crippen LogP contribution in [-0.2, 0) is 6.42 Å². The zero-order chi connectivity index (χ0) is 11.7. The number of nitrogens with one attached hydrogen (secondary N) is 2. The smallest absolute Gasteiger partial charge is 0.191 e. The molecule has 2 atom stereocenters. The van der Waals surface area contributed by atoms with Gasteiger partial charge in [-0.25, -0.2) is 0 Å². The summed E-state index contributed by atoms with van der Waals surface area (Å²) >= 11 is 0. The van der Waals surface area contributed by atoms with Gasteiger partial charge < -0.3 is 10.6 Å². The van der Waals surface area contributed by atoms with E-state index < -0.39 is 0 Å². The molecule has 3 heteroatoms. The number of aliphatic imine (C=N–C) groups is 1. The Morgan fingerprint density at radius 3 is 3.12 bits per heavy atom. The second-order valence-electron chi connectivity index (χ2n) is 5.05. The van der Waals surface area contributed by atoms with Gasteiger partial charge in [0.2, 0.25) is 0 Å². The quantitative estimate of drug-likeness (QED) is 0.809. The number of aryl methyl sites for hydroxylation is 1. The highest BCUT2D eigenvalue weighted by atomic mass is 15.2. The monoisotopic (exact) mass is 229 g/mol. The molecule has 0 bridgehead atoms. The third-order valence-electron chi connectivity index (χ3n) is 3.68. The van der Waals surface area contributed by atoms with Gasteiger partial charge in [0.15, 0.2) is 5.96 Å². The minimum atomic E-state index is 0.480. The van der Waals surface area contributed by atoms with Crippen molar-refractivity contribution in [2.45, 2.75) is 31.7 Å². The molecule has 1 aromatic rings. The van der Waals surface area contributed by atoms with Crippen molar-refractivity contribution in [1.82, 2.24) is 10.6 Å². The molecule has 0 fully saturated rings. The van der Waals surface area contributed by atoms with E-state index in [9.17, 15) is 0 Å². The fourth-order valence-electron chi connectivity index (χ4n) is 2.74. The second-order valence-corrected chi connectivity index (χ2v) is 5.05. The summed E-state index contributed by atoms with van der Waals surface area (Å²) < 4.78 is 0. The average Bonchev–Trinajstić information content (AvgIpc) is 2.93. The van der Waals surface area contributed by atoms with Gasteiger partial charge in [-0.05, 0) is 30.9 Å². The van der Waals surface area contributed by atoms with Crippen LogP contribution >= 0.6 is 0 Å². The van der Waals surface area contributed by atoms with Crippen molar-refractivity contribution in [2.75, 3.05) is 13.1 Å². The molecule has 1 heterocycles. The van der Waals surface area contributed by atoms with Gasteiger partial charge in [-0.1, -0.05) is 24.3 Å². The van der Waals surface area contributed by atoms with Gasteiger partial charge in [0.05, 0.1) is 6.54 Å². The van der Waals surface area contributed by atoms with Crippen LogP contribution in [0, 0.1) is 0 Å². The molecule has 0 aromatic heterocycles. The number of nitrogens with zero attached hydrogens (tertiary/aromatic N) is 1. The van der Waals surface area contributed by atoms with Crippen LogP contribution in [0.2, 0.25) is 0 Å². The molecule has 0 amide bonds. The maximum absolute atomic E-state index is 4.43. The molecule has 2 aliphatic rings. The molecule has 90 valence electrons. The van der Waals surface area contributed by atoms with Crippen LogP contribution in [0.5, 0.6) is 0 Å². The highest BCUT2D eigenvalue weighted by Gasteiger charge is 2.22. The SMILES string of the molecule is CC1CN=C(NCC2CCc3ccccc32)N1. The number of benzene rings is 1. The molecule has 1 aliphatic carbocycles. The number of rotatable bonds is 2. The van der Waals surface area contributed by atoms with Crippen LogP contribution in [0.1, 0.15) is 30.4 Å². The summed E-state index contributed by atoms with van der Waals surface area (Å²) in [5.74, 6) is 1.62. The van der Waals surface area contributed by atoms with Crippen molar-refractivity contribution >= 4 is 5.96 Å². The van der Waals surface area contributed by atoms with Crippen molar-refractivity contribution in [3.8, 4) is 0 Å². The van der Waals surface area contributed by atoms with Crippen molar-refractivity contribution in [3.63, 3.8) is 0 Å². The minimum absolute atomic E-state index is 0.480. The van der Waals surface area contributed by atoms with E-state index in [2.05, 4.69) is 46.8 Å². The molecular formula is C14H19N3. The van der Waals surface area contributed by atoms with Crippen LogP contribution in [-0.4, -0.2) is 25.1 Å². The first kappa shape index (κ1) is 10.6. The predicted molar refractivity (Wildman–Crippen MR) is 70.4 cm³/mol. The lowest BCUT2D eigenvalue weighted by atomic mass is 10.0. The van der Waals surface area contributed by atoms with E-state index in [1.165, 1.54) is 24.0 Å². The summed E-state index contributed by atoms with van der Waals surface area (Å²) in [6, 6.07) is 9.28. The lowest BCUT2D eigenvalue weighted by molar-refractivity contribution is 0.640. The normalized spacial score (nSPS) is 26.3. The Morgan fingerprint density at radius 2 is 2.29 bits per heavy atom. The first-order valence-corrected chi connectivity index (χ1v) is 6.45. The zero-order valence-corrected chi connectivity index (χ0v) is 10.2. The summed E-state index contributed by atoms with van der Waals surface area (Å²) in [6.07, 6.45) is 2.48. The van der Waals surface area contributed by atoms with Gasteiger partial charge in [-0.2, -0.15) is 0 Å². The van der Waals surface area contributed by atoms with Crippen molar-refractivity contribution in [2.24, 2.45) is 4.99 Å². The summed E-state index contributed by atoms with van der Waals surface area (Å²) in [6.45, 7) is 4.04. The first-order valence-electron chi connectivity index (χ1n) is 6.45. The topological polar surface area (TPSA) is 36.4 Å². The predicted octanol–water partition coefficient (Wildman–Crippen LogP) is 1.65. The van der Waals surface area contributed by atoms with Gasteiger partial charge in [0.1, 0.15) is 0 Å². The molecule has 17 heavy (non-hydrogen) atoms. The standard InChI is InChI=1S/C14H19N3/c1-10-8-15-14(17-10)16-9-12-7-6-11-4-2-3-5-13(11)12/h2-5,10,12H,6-9H2,1H3,(H2,15,16,17). The van der Waals surface area contributed by atoms with E-state index >= 15 is 0 Å². The van der Waals surface area contributed by atoms with Gasteiger partial charge in [-0.15, -0.1) is 0 Å². The summed E-state index contributed by atoms with van der Waals surface area (Å²) in [5.41, 5.74) is 3.04. The van der Waals surface area contributed by atoms with Gasteiger partial charge in [0, 0.05) is 18.5 Å². The zero-order valence-electron chi connectivity index (χ0n) is 10.2. The number of hydrogen-bond donors (Lipinski definition) is 2. The Morgan fingerprint density at radius 1 is 1.41 bits per heavy atom. The van der Waals surface area contributed by atoms with Crippen molar-refractivity contribution in [3.05, 3.63) is 35.4 Å². The lowest BCUT2D eigenvalue weighted by Crippen LogP contribution is -2.39. The maximum Gasteiger partial charge on any atom is 0.191 e. The molecule has 3 rings (SSSR count). The van der Waals surface area contributed by atoms with E-state index in [0.717, 1.165) is 19.0 Å². The van der Waals surface area contributed by atoms with Crippen molar-refractivity contribution in [1.29, 1.82) is 0 Å². The van der Waals surface area contributed by atoms with E-state index in [1.807, 2.05) is 0 Å². The van der Waals surface area contributed by atoms with Crippen LogP contribution in [0.25, 0.3) is 0 Å². The maximum atomic E-state index is 4.43. The number of hydrogen-bond acceptors (Lipinski definition) is 3. The Kier molecular flexibility index (Phi) is 2.75. The highest BCUT2D eigenvalue weighted by molar-refractivity contribution is 5.81. The third-order valence-corrected chi connectivity index (χ3v) is 3.68. The lowest BCUT2D eigenvalue weighted by Gasteiger charge is -2.14. The van der Waals surface area contributed by atoms with Gasteiger partial charge in [-0.3, -0.25) is 4.99 Å². The molecule has 1 aromatic carbocycles. The molecule has 2 N–H and O–H groups in total. The Hall–Kier alpha value is -1.51. The molecule has 0 radical (unpaired) electrons. The number of guanidine groups is 1.